The molecule has 3 aromatic rings. The van der Waals surface area contributed by atoms with Crippen molar-refractivity contribution in [3.05, 3.63) is 65.4 Å². The van der Waals surface area contributed by atoms with E-state index in [1.165, 1.54) is 0 Å². The van der Waals surface area contributed by atoms with Crippen LogP contribution < -0.4 is 9.47 Å². The van der Waals surface area contributed by atoms with E-state index >= 15 is 0 Å². The molecule has 2 aromatic carbocycles. The highest BCUT2D eigenvalue weighted by molar-refractivity contribution is 6.02. The number of carboxylic acid groups (broad SMARTS) is 1. The molecular weight excluding hydrogens is 306 g/mol. The SMILES string of the molecule is COc1ccccc1OCc1ccc2nc(C)cc(C(=O)O)c2c1. The monoisotopic (exact) mass is 323 g/mol. The zero-order valence-corrected chi connectivity index (χ0v) is 13.4. The summed E-state index contributed by atoms with van der Waals surface area (Å²) < 4.78 is 11.0. The smallest absolute Gasteiger partial charge is 0.336 e. The predicted octanol–water partition coefficient (Wildman–Crippen LogP) is 3.83. The van der Waals surface area contributed by atoms with Crippen LogP contribution in [0.25, 0.3) is 10.9 Å². The van der Waals surface area contributed by atoms with Crippen molar-refractivity contribution < 1.29 is 19.4 Å². The van der Waals surface area contributed by atoms with Crippen LogP contribution in [0.2, 0.25) is 0 Å². The summed E-state index contributed by atoms with van der Waals surface area (Å²) in [4.78, 5) is 15.8. The Labute approximate surface area is 139 Å². The van der Waals surface area contributed by atoms with Crippen molar-refractivity contribution in [3.8, 4) is 11.5 Å². The summed E-state index contributed by atoms with van der Waals surface area (Å²) in [5.41, 5.74) is 2.45. The molecule has 0 bridgehead atoms. The number of fused-ring (bicyclic) bond motifs is 1. The number of ether oxygens (including phenoxy) is 2. The van der Waals surface area contributed by atoms with E-state index in [4.69, 9.17) is 9.47 Å². The summed E-state index contributed by atoms with van der Waals surface area (Å²) in [6.45, 7) is 2.09. The van der Waals surface area contributed by atoms with Gasteiger partial charge in [0.15, 0.2) is 11.5 Å². The maximum Gasteiger partial charge on any atom is 0.336 e. The summed E-state index contributed by atoms with van der Waals surface area (Å²) in [7, 11) is 1.59. The minimum atomic E-state index is -0.965. The second-order valence-electron chi connectivity index (χ2n) is 5.41. The third kappa shape index (κ3) is 3.15. The van der Waals surface area contributed by atoms with E-state index < -0.39 is 5.97 Å². The minimum absolute atomic E-state index is 0.247. The standard InChI is InChI=1S/C19H17NO4/c1-12-9-15(19(21)22)14-10-13(7-8-16(14)20-12)11-24-18-6-4-3-5-17(18)23-2/h3-10H,11H2,1-2H3,(H,21,22). The van der Waals surface area contributed by atoms with Gasteiger partial charge in [-0.1, -0.05) is 18.2 Å². The van der Waals surface area contributed by atoms with Gasteiger partial charge < -0.3 is 14.6 Å². The molecule has 0 unspecified atom stereocenters. The maximum atomic E-state index is 11.5. The Morgan fingerprint density at radius 3 is 2.58 bits per heavy atom. The van der Waals surface area contributed by atoms with Crippen LogP contribution in [-0.4, -0.2) is 23.2 Å². The highest BCUT2D eigenvalue weighted by atomic mass is 16.5. The number of benzene rings is 2. The number of carbonyl (C=O) groups is 1. The molecule has 1 N–H and O–H groups in total. The first-order valence-electron chi connectivity index (χ1n) is 7.48. The first-order chi connectivity index (χ1) is 11.6. The van der Waals surface area contributed by atoms with Crippen molar-refractivity contribution >= 4 is 16.9 Å². The van der Waals surface area contributed by atoms with E-state index in [1.807, 2.05) is 36.4 Å². The topological polar surface area (TPSA) is 68.7 Å². The second-order valence-corrected chi connectivity index (χ2v) is 5.41. The fraction of sp³-hybridized carbons (Fsp3) is 0.158. The predicted molar refractivity (Wildman–Crippen MR) is 90.8 cm³/mol. The van der Waals surface area contributed by atoms with Gasteiger partial charge in [0.25, 0.3) is 0 Å². The van der Waals surface area contributed by atoms with Crippen LogP contribution >= 0.6 is 0 Å². The Bertz CT molecular complexity index is 905. The van der Waals surface area contributed by atoms with Crippen molar-refractivity contribution in [3.63, 3.8) is 0 Å². The van der Waals surface area contributed by atoms with Crippen LogP contribution in [0, 0.1) is 6.92 Å². The van der Waals surface area contributed by atoms with Crippen LogP contribution in [0.1, 0.15) is 21.6 Å². The van der Waals surface area contributed by atoms with Crippen LogP contribution in [0.5, 0.6) is 11.5 Å². The average molecular weight is 323 g/mol. The lowest BCUT2D eigenvalue weighted by molar-refractivity contribution is 0.0699. The van der Waals surface area contributed by atoms with Gasteiger partial charge in [0, 0.05) is 11.1 Å². The highest BCUT2D eigenvalue weighted by Crippen LogP contribution is 2.27. The van der Waals surface area contributed by atoms with E-state index in [-0.39, 0.29) is 5.56 Å². The maximum absolute atomic E-state index is 11.5. The molecule has 0 radical (unpaired) electrons. The lowest BCUT2D eigenvalue weighted by Gasteiger charge is -2.11. The summed E-state index contributed by atoms with van der Waals surface area (Å²) in [6.07, 6.45) is 0. The molecule has 1 heterocycles. The molecule has 0 aliphatic rings. The average Bonchev–Trinajstić information content (AvgIpc) is 2.59. The molecule has 122 valence electrons. The zero-order valence-electron chi connectivity index (χ0n) is 13.4. The highest BCUT2D eigenvalue weighted by Gasteiger charge is 2.12. The van der Waals surface area contributed by atoms with Gasteiger partial charge in [-0.25, -0.2) is 4.79 Å². The third-order valence-electron chi connectivity index (χ3n) is 3.69. The molecule has 0 saturated carbocycles. The van der Waals surface area contributed by atoms with Crippen molar-refractivity contribution in [1.29, 1.82) is 0 Å². The van der Waals surface area contributed by atoms with Crippen molar-refractivity contribution in [2.75, 3.05) is 7.11 Å². The molecule has 0 atom stereocenters. The Morgan fingerprint density at radius 1 is 1.12 bits per heavy atom. The number of pyridine rings is 1. The lowest BCUT2D eigenvalue weighted by atomic mass is 10.1. The second kappa shape index (κ2) is 6.58. The number of nitrogens with zero attached hydrogens (tertiary/aromatic N) is 1. The summed E-state index contributed by atoms with van der Waals surface area (Å²) in [5.74, 6) is 0.329. The molecule has 5 heteroatoms. The molecule has 24 heavy (non-hydrogen) atoms. The van der Waals surface area contributed by atoms with Crippen LogP contribution in [0.15, 0.2) is 48.5 Å². The summed E-state index contributed by atoms with van der Waals surface area (Å²) in [5, 5.41) is 10.0. The van der Waals surface area contributed by atoms with Crippen LogP contribution in [0.4, 0.5) is 0 Å². The normalized spacial score (nSPS) is 10.6. The van der Waals surface area contributed by atoms with Crippen molar-refractivity contribution in [2.45, 2.75) is 13.5 Å². The fourth-order valence-electron chi connectivity index (χ4n) is 2.57. The summed E-state index contributed by atoms with van der Waals surface area (Å²) in [6, 6.07) is 14.5. The number of rotatable bonds is 5. The molecule has 0 aliphatic heterocycles. The number of carboxylic acids is 1. The van der Waals surface area contributed by atoms with Gasteiger partial charge in [-0.3, -0.25) is 4.98 Å². The molecule has 1 aromatic heterocycles. The zero-order chi connectivity index (χ0) is 17.1. The minimum Gasteiger partial charge on any atom is -0.493 e. The van der Waals surface area contributed by atoms with Crippen LogP contribution in [0.3, 0.4) is 0 Å². The number of hydrogen-bond donors (Lipinski definition) is 1. The molecule has 0 spiro atoms. The number of aryl methyl sites for hydroxylation is 1. The van der Waals surface area contributed by atoms with Crippen molar-refractivity contribution in [2.24, 2.45) is 0 Å². The lowest BCUT2D eigenvalue weighted by Crippen LogP contribution is -2.02. The Balaban J connectivity index is 1.92. The summed E-state index contributed by atoms with van der Waals surface area (Å²) >= 11 is 0. The van der Waals surface area contributed by atoms with E-state index in [1.54, 1.807) is 26.2 Å². The van der Waals surface area contributed by atoms with Gasteiger partial charge in [0.2, 0.25) is 0 Å². The van der Waals surface area contributed by atoms with E-state index in [2.05, 4.69) is 4.98 Å². The first kappa shape index (κ1) is 15.8. The molecule has 3 rings (SSSR count). The molecule has 0 saturated heterocycles. The molecule has 0 amide bonds. The van der Waals surface area contributed by atoms with E-state index in [0.717, 1.165) is 5.56 Å². The number of aromatic carboxylic acids is 1. The molecule has 0 aliphatic carbocycles. The first-order valence-corrected chi connectivity index (χ1v) is 7.48. The quantitative estimate of drug-likeness (QED) is 0.773. The number of hydrogen-bond acceptors (Lipinski definition) is 4. The van der Waals surface area contributed by atoms with Gasteiger partial charge in [-0.05, 0) is 42.8 Å². The Morgan fingerprint density at radius 2 is 1.88 bits per heavy atom. The largest absolute Gasteiger partial charge is 0.493 e. The van der Waals surface area contributed by atoms with Gasteiger partial charge in [-0.15, -0.1) is 0 Å². The Kier molecular flexibility index (Phi) is 4.33. The van der Waals surface area contributed by atoms with Gasteiger partial charge >= 0.3 is 5.97 Å². The van der Waals surface area contributed by atoms with Gasteiger partial charge in [0.1, 0.15) is 6.61 Å². The third-order valence-corrected chi connectivity index (χ3v) is 3.69. The van der Waals surface area contributed by atoms with Gasteiger partial charge in [-0.2, -0.15) is 0 Å². The number of aromatic nitrogens is 1. The van der Waals surface area contributed by atoms with Crippen molar-refractivity contribution in [1.82, 2.24) is 4.98 Å². The molecular formula is C19H17NO4. The van der Waals surface area contributed by atoms with E-state index in [9.17, 15) is 9.90 Å². The number of para-hydroxylation sites is 2. The fourth-order valence-corrected chi connectivity index (χ4v) is 2.57. The molecule has 0 fully saturated rings. The van der Waals surface area contributed by atoms with Crippen LogP contribution in [-0.2, 0) is 6.61 Å². The van der Waals surface area contributed by atoms with Gasteiger partial charge in [0.05, 0.1) is 18.2 Å². The Hall–Kier alpha value is -3.08. The number of methoxy groups -OCH3 is 1. The van der Waals surface area contributed by atoms with E-state index in [0.29, 0.717) is 34.7 Å². The molecule has 5 nitrogen and oxygen atoms in total.